The number of carbonyl (C=O) groups excluding carboxylic acids is 1. The van der Waals surface area contributed by atoms with E-state index >= 15 is 0 Å². The van der Waals surface area contributed by atoms with Crippen LogP contribution in [0.1, 0.15) is 11.1 Å². The molecule has 2 heterocycles. The minimum Gasteiger partial charge on any atom is -0.493 e. The third kappa shape index (κ3) is 2.83. The zero-order valence-electron chi connectivity index (χ0n) is 11.5. The van der Waals surface area contributed by atoms with Crippen LogP contribution in [-0.4, -0.2) is 48.4 Å². The van der Waals surface area contributed by atoms with Gasteiger partial charge in [-0.05, 0) is 24.7 Å². The average molecular weight is 312 g/mol. The normalized spacial score (nSPS) is 22.4. The summed E-state index contributed by atoms with van der Waals surface area (Å²) in [6.07, 6.45) is 1.30. The summed E-state index contributed by atoms with van der Waals surface area (Å²) in [6, 6.07) is 3.84. The van der Waals surface area contributed by atoms with Crippen LogP contribution in [-0.2, 0) is 17.6 Å². The first-order valence-corrected chi connectivity index (χ1v) is 8.43. The molecule has 1 atom stereocenters. The number of hydrogen-bond acceptors (Lipinski definition) is 4. The lowest BCUT2D eigenvalue weighted by Gasteiger charge is -2.31. The highest BCUT2D eigenvalue weighted by Crippen LogP contribution is 2.33. The fourth-order valence-electron chi connectivity index (χ4n) is 2.81. The Labute approximate surface area is 128 Å². The summed E-state index contributed by atoms with van der Waals surface area (Å²) in [7, 11) is 2.03. The van der Waals surface area contributed by atoms with E-state index in [1.165, 1.54) is 0 Å². The maximum atomic E-state index is 12.5. The summed E-state index contributed by atoms with van der Waals surface area (Å²) >= 11 is 8.00. The second kappa shape index (κ2) is 5.96. The summed E-state index contributed by atoms with van der Waals surface area (Å²) in [4.78, 5) is 14.7. The van der Waals surface area contributed by atoms with Crippen molar-refractivity contribution in [2.45, 2.75) is 18.9 Å². The van der Waals surface area contributed by atoms with Crippen LogP contribution in [0, 0.1) is 0 Å². The summed E-state index contributed by atoms with van der Waals surface area (Å²) < 4.78 is 5.67. The molecule has 5 heteroatoms. The molecule has 0 bridgehead atoms. The van der Waals surface area contributed by atoms with Crippen LogP contribution in [0.4, 0.5) is 0 Å². The molecule has 1 saturated heterocycles. The molecule has 0 aliphatic carbocycles. The van der Waals surface area contributed by atoms with Crippen molar-refractivity contribution in [3.8, 4) is 5.75 Å². The minimum atomic E-state index is 0.0183. The van der Waals surface area contributed by atoms with Crippen LogP contribution in [0.15, 0.2) is 12.1 Å². The highest BCUT2D eigenvalue weighted by atomic mass is 35.5. The topological polar surface area (TPSA) is 29.5 Å². The van der Waals surface area contributed by atoms with Crippen LogP contribution < -0.4 is 4.74 Å². The maximum absolute atomic E-state index is 12.5. The number of hydrogen-bond donors (Lipinski definition) is 0. The van der Waals surface area contributed by atoms with Gasteiger partial charge in [0.05, 0.1) is 12.6 Å². The number of halogens is 1. The molecule has 2 aliphatic rings. The van der Waals surface area contributed by atoms with Gasteiger partial charge in [-0.2, -0.15) is 11.8 Å². The molecule has 1 unspecified atom stereocenters. The Morgan fingerprint density at radius 1 is 1.55 bits per heavy atom. The van der Waals surface area contributed by atoms with E-state index in [1.807, 2.05) is 30.9 Å². The van der Waals surface area contributed by atoms with Crippen molar-refractivity contribution in [3.63, 3.8) is 0 Å². The van der Waals surface area contributed by atoms with Gasteiger partial charge < -0.3 is 4.74 Å². The molecule has 1 aromatic rings. The van der Waals surface area contributed by atoms with Crippen molar-refractivity contribution in [3.05, 3.63) is 28.3 Å². The molecule has 20 heavy (non-hydrogen) atoms. The molecule has 0 aromatic heterocycles. The summed E-state index contributed by atoms with van der Waals surface area (Å²) in [6.45, 7) is 1.67. The van der Waals surface area contributed by atoms with Gasteiger partial charge in [-0.25, -0.2) is 0 Å². The molecule has 0 radical (unpaired) electrons. The highest BCUT2D eigenvalue weighted by molar-refractivity contribution is 7.99. The largest absolute Gasteiger partial charge is 0.493 e. The number of fused-ring (bicyclic) bond motifs is 1. The van der Waals surface area contributed by atoms with Gasteiger partial charge >= 0.3 is 0 Å². The fourth-order valence-corrected chi connectivity index (χ4v) is 4.32. The summed E-state index contributed by atoms with van der Waals surface area (Å²) in [5.41, 5.74) is 2.07. The van der Waals surface area contributed by atoms with Gasteiger partial charge in [0, 0.05) is 41.5 Å². The smallest absolute Gasteiger partial charge is 0.155 e. The number of nitrogens with zero attached hydrogens (tertiary/aromatic N) is 1. The van der Waals surface area contributed by atoms with Crippen molar-refractivity contribution in [2.24, 2.45) is 0 Å². The van der Waals surface area contributed by atoms with E-state index in [0.29, 0.717) is 18.1 Å². The molecule has 3 nitrogen and oxygen atoms in total. The number of likely N-dealkylation sites (N-methyl/N-ethyl adjacent to an activating group) is 1. The first-order valence-electron chi connectivity index (χ1n) is 6.90. The molecule has 0 spiro atoms. The first-order chi connectivity index (χ1) is 9.65. The van der Waals surface area contributed by atoms with E-state index in [-0.39, 0.29) is 11.8 Å². The highest BCUT2D eigenvalue weighted by Gasteiger charge is 2.28. The molecule has 3 rings (SSSR count). The van der Waals surface area contributed by atoms with Crippen LogP contribution in [0.3, 0.4) is 0 Å². The lowest BCUT2D eigenvalue weighted by molar-refractivity contribution is -0.122. The Balaban J connectivity index is 1.79. The van der Waals surface area contributed by atoms with Crippen LogP contribution >= 0.6 is 23.4 Å². The number of rotatable bonds is 3. The Morgan fingerprint density at radius 2 is 2.40 bits per heavy atom. The third-order valence-electron chi connectivity index (χ3n) is 3.96. The second-order valence-corrected chi connectivity index (χ2v) is 6.95. The van der Waals surface area contributed by atoms with Gasteiger partial charge in [-0.1, -0.05) is 11.6 Å². The maximum Gasteiger partial charge on any atom is 0.155 e. The van der Waals surface area contributed by atoms with Gasteiger partial charge in [0.2, 0.25) is 0 Å². The van der Waals surface area contributed by atoms with Gasteiger partial charge in [0.1, 0.15) is 5.75 Å². The van der Waals surface area contributed by atoms with Gasteiger partial charge in [0.25, 0.3) is 0 Å². The monoisotopic (exact) mass is 311 g/mol. The molecule has 1 aromatic carbocycles. The molecule has 0 saturated carbocycles. The number of benzene rings is 1. The van der Waals surface area contributed by atoms with E-state index < -0.39 is 0 Å². The van der Waals surface area contributed by atoms with Crippen molar-refractivity contribution in [1.82, 2.24) is 4.90 Å². The van der Waals surface area contributed by atoms with Crippen LogP contribution in [0.5, 0.6) is 5.75 Å². The predicted octanol–water partition coefficient (Wildman–Crippen LogP) is 2.43. The Bertz CT molecular complexity index is 535. The van der Waals surface area contributed by atoms with Crippen molar-refractivity contribution in [2.75, 3.05) is 31.7 Å². The number of carbonyl (C=O) groups is 1. The molecule has 0 N–H and O–H groups in total. The zero-order valence-corrected chi connectivity index (χ0v) is 13.1. The van der Waals surface area contributed by atoms with Crippen LogP contribution in [0.25, 0.3) is 0 Å². The lowest BCUT2D eigenvalue weighted by Crippen LogP contribution is -2.45. The van der Waals surface area contributed by atoms with Gasteiger partial charge in [-0.3, -0.25) is 9.69 Å². The second-order valence-electron chi connectivity index (χ2n) is 5.37. The van der Waals surface area contributed by atoms with Gasteiger partial charge in [-0.15, -0.1) is 0 Å². The number of thioether (sulfide) groups is 1. The average Bonchev–Trinajstić information content (AvgIpc) is 2.87. The minimum absolute atomic E-state index is 0.0183. The SMILES string of the molecule is CN1CCSCC1C(=O)Cc1cc(Cl)cc2c1OCC2. The van der Waals surface area contributed by atoms with Crippen LogP contribution in [0.2, 0.25) is 5.02 Å². The fraction of sp³-hybridized carbons (Fsp3) is 0.533. The number of Topliss-reactive ketones (excluding diaryl/α,β-unsaturated/α-hetero) is 1. The zero-order chi connectivity index (χ0) is 14.1. The lowest BCUT2D eigenvalue weighted by atomic mass is 10.00. The first kappa shape index (κ1) is 14.2. The number of ether oxygens (including phenoxy) is 1. The summed E-state index contributed by atoms with van der Waals surface area (Å²) in [5, 5.41) is 0.698. The van der Waals surface area contributed by atoms with Crippen molar-refractivity contribution < 1.29 is 9.53 Å². The summed E-state index contributed by atoms with van der Waals surface area (Å²) in [5.74, 6) is 3.14. The van der Waals surface area contributed by atoms with Crippen molar-refractivity contribution in [1.29, 1.82) is 0 Å². The standard InChI is InChI=1S/C15H18ClNO2S/c1-17-3-5-20-9-13(17)14(18)8-11-7-12(16)6-10-2-4-19-15(10)11/h6-7,13H,2-5,8-9H2,1H3. The number of ketones is 1. The molecular formula is C15H18ClNO2S. The quantitative estimate of drug-likeness (QED) is 0.857. The Kier molecular flexibility index (Phi) is 4.24. The predicted molar refractivity (Wildman–Crippen MR) is 83.1 cm³/mol. The molecule has 1 fully saturated rings. The van der Waals surface area contributed by atoms with Gasteiger partial charge in [0.15, 0.2) is 5.78 Å². The Morgan fingerprint density at radius 3 is 3.20 bits per heavy atom. The molecular weight excluding hydrogens is 294 g/mol. The molecule has 108 valence electrons. The third-order valence-corrected chi connectivity index (χ3v) is 5.20. The van der Waals surface area contributed by atoms with Crippen molar-refractivity contribution >= 4 is 29.1 Å². The van der Waals surface area contributed by atoms with E-state index in [1.54, 1.807) is 0 Å². The van der Waals surface area contributed by atoms with E-state index in [2.05, 4.69) is 4.90 Å². The molecule has 2 aliphatic heterocycles. The van der Waals surface area contributed by atoms with E-state index in [0.717, 1.165) is 41.3 Å². The van der Waals surface area contributed by atoms with E-state index in [9.17, 15) is 4.79 Å². The molecule has 0 amide bonds. The van der Waals surface area contributed by atoms with E-state index in [4.69, 9.17) is 16.3 Å². The Hall–Kier alpha value is -0.710.